The molecule has 0 unspecified atom stereocenters. The standard InChI is InChI=1S/C13H19FN2O/c14-11-4-5-12(15)13(10-11)17-9-8-16-6-2-1-3-7-16/h4-5,10H,1-3,6-9,15H2. The van der Waals surface area contributed by atoms with Gasteiger partial charge >= 0.3 is 0 Å². The lowest BCUT2D eigenvalue weighted by atomic mass is 10.1. The zero-order valence-electron chi connectivity index (χ0n) is 9.99. The topological polar surface area (TPSA) is 38.5 Å². The van der Waals surface area contributed by atoms with Gasteiger partial charge in [-0.1, -0.05) is 6.42 Å². The SMILES string of the molecule is Nc1ccc(F)cc1OCCN1CCCCC1. The van der Waals surface area contributed by atoms with Crippen molar-refractivity contribution in [2.75, 3.05) is 32.0 Å². The first kappa shape index (κ1) is 12.2. The van der Waals surface area contributed by atoms with Gasteiger partial charge in [-0.05, 0) is 38.1 Å². The van der Waals surface area contributed by atoms with Gasteiger partial charge < -0.3 is 10.5 Å². The van der Waals surface area contributed by atoms with Crippen molar-refractivity contribution >= 4 is 5.69 Å². The molecule has 0 radical (unpaired) electrons. The first-order valence-electron chi connectivity index (χ1n) is 6.16. The van der Waals surface area contributed by atoms with Gasteiger partial charge in [0.1, 0.15) is 18.2 Å². The Morgan fingerprint density at radius 1 is 1.24 bits per heavy atom. The van der Waals surface area contributed by atoms with Gasteiger partial charge in [0.05, 0.1) is 5.69 Å². The van der Waals surface area contributed by atoms with E-state index in [9.17, 15) is 4.39 Å². The molecule has 4 heteroatoms. The fourth-order valence-electron chi connectivity index (χ4n) is 2.10. The molecule has 0 aliphatic carbocycles. The summed E-state index contributed by atoms with van der Waals surface area (Å²) in [6.07, 6.45) is 3.86. The highest BCUT2D eigenvalue weighted by atomic mass is 19.1. The minimum Gasteiger partial charge on any atom is -0.490 e. The van der Waals surface area contributed by atoms with Crippen molar-refractivity contribution in [1.82, 2.24) is 4.90 Å². The third kappa shape index (κ3) is 3.60. The summed E-state index contributed by atoms with van der Waals surface area (Å²) in [5.74, 6) is 0.134. The van der Waals surface area contributed by atoms with Gasteiger partial charge in [0, 0.05) is 12.6 Å². The van der Waals surface area contributed by atoms with Gasteiger partial charge in [-0.15, -0.1) is 0 Å². The summed E-state index contributed by atoms with van der Waals surface area (Å²) < 4.78 is 18.5. The van der Waals surface area contributed by atoms with Gasteiger partial charge in [0.2, 0.25) is 0 Å². The third-order valence-electron chi connectivity index (χ3n) is 3.09. The Morgan fingerprint density at radius 3 is 2.76 bits per heavy atom. The number of hydrogen-bond donors (Lipinski definition) is 1. The molecule has 0 amide bonds. The molecule has 1 aromatic rings. The molecule has 17 heavy (non-hydrogen) atoms. The molecule has 94 valence electrons. The van der Waals surface area contributed by atoms with Gasteiger partial charge in [-0.3, -0.25) is 4.90 Å². The maximum Gasteiger partial charge on any atom is 0.145 e. The van der Waals surface area contributed by atoms with Crippen LogP contribution in [-0.4, -0.2) is 31.1 Å². The van der Waals surface area contributed by atoms with E-state index < -0.39 is 0 Å². The lowest BCUT2D eigenvalue weighted by molar-refractivity contribution is 0.183. The second-order valence-electron chi connectivity index (χ2n) is 4.43. The van der Waals surface area contributed by atoms with Crippen LogP contribution in [-0.2, 0) is 0 Å². The second-order valence-corrected chi connectivity index (χ2v) is 4.43. The van der Waals surface area contributed by atoms with Crippen LogP contribution in [0.1, 0.15) is 19.3 Å². The molecule has 2 rings (SSSR count). The summed E-state index contributed by atoms with van der Waals surface area (Å²) in [7, 11) is 0. The minimum atomic E-state index is -0.313. The molecule has 1 fully saturated rings. The molecule has 1 aliphatic rings. The summed E-state index contributed by atoms with van der Waals surface area (Å²) in [6.45, 7) is 3.73. The average Bonchev–Trinajstić information content (AvgIpc) is 2.35. The average molecular weight is 238 g/mol. The molecule has 0 aromatic heterocycles. The fourth-order valence-corrected chi connectivity index (χ4v) is 2.10. The quantitative estimate of drug-likeness (QED) is 0.818. The molecule has 1 aromatic carbocycles. The second kappa shape index (κ2) is 5.87. The fraction of sp³-hybridized carbons (Fsp3) is 0.538. The van der Waals surface area contributed by atoms with Crippen LogP contribution in [0.3, 0.4) is 0 Å². The van der Waals surface area contributed by atoms with Crippen molar-refractivity contribution in [2.24, 2.45) is 0 Å². The smallest absolute Gasteiger partial charge is 0.145 e. The molecule has 3 nitrogen and oxygen atoms in total. The number of hydrogen-bond acceptors (Lipinski definition) is 3. The first-order valence-corrected chi connectivity index (χ1v) is 6.16. The van der Waals surface area contributed by atoms with E-state index >= 15 is 0 Å². The van der Waals surface area contributed by atoms with E-state index in [-0.39, 0.29) is 5.82 Å². The number of likely N-dealkylation sites (tertiary alicyclic amines) is 1. The van der Waals surface area contributed by atoms with E-state index in [1.165, 1.54) is 37.5 Å². The molecule has 0 saturated carbocycles. The number of nitrogens with two attached hydrogens (primary N) is 1. The summed E-state index contributed by atoms with van der Waals surface area (Å²) >= 11 is 0. The number of rotatable bonds is 4. The predicted octanol–water partition coefficient (Wildman–Crippen LogP) is 2.27. The zero-order valence-corrected chi connectivity index (χ0v) is 9.99. The Labute approximate surface area is 101 Å². The van der Waals surface area contributed by atoms with Crippen molar-refractivity contribution in [1.29, 1.82) is 0 Å². The van der Waals surface area contributed by atoms with Crippen LogP contribution in [0.2, 0.25) is 0 Å². The van der Waals surface area contributed by atoms with Crippen molar-refractivity contribution < 1.29 is 9.13 Å². The Morgan fingerprint density at radius 2 is 2.00 bits per heavy atom. The van der Waals surface area contributed by atoms with Crippen LogP contribution < -0.4 is 10.5 Å². The highest BCUT2D eigenvalue weighted by Gasteiger charge is 2.10. The van der Waals surface area contributed by atoms with Gasteiger partial charge in [-0.25, -0.2) is 4.39 Å². The first-order chi connectivity index (χ1) is 8.25. The van der Waals surface area contributed by atoms with Crippen LogP contribution in [0.15, 0.2) is 18.2 Å². The van der Waals surface area contributed by atoms with Gasteiger partial charge in [0.25, 0.3) is 0 Å². The minimum absolute atomic E-state index is 0.313. The number of nitrogen functional groups attached to an aromatic ring is 1. The van der Waals surface area contributed by atoms with Gasteiger partial charge in [-0.2, -0.15) is 0 Å². The number of halogens is 1. The lowest BCUT2D eigenvalue weighted by Crippen LogP contribution is -2.33. The molecule has 2 N–H and O–H groups in total. The maximum absolute atomic E-state index is 13.0. The Kier molecular flexibility index (Phi) is 4.20. The number of anilines is 1. The molecule has 0 atom stereocenters. The van der Waals surface area contributed by atoms with Crippen LogP contribution >= 0.6 is 0 Å². The van der Waals surface area contributed by atoms with Crippen molar-refractivity contribution in [3.63, 3.8) is 0 Å². The number of nitrogens with zero attached hydrogens (tertiary/aromatic N) is 1. The normalized spacial score (nSPS) is 17.0. The van der Waals surface area contributed by atoms with Crippen LogP contribution in [0.5, 0.6) is 5.75 Å². The van der Waals surface area contributed by atoms with Crippen molar-refractivity contribution in [3.8, 4) is 5.75 Å². The van der Waals surface area contributed by atoms with Gasteiger partial charge in [0.15, 0.2) is 0 Å². The maximum atomic E-state index is 13.0. The van der Waals surface area contributed by atoms with E-state index in [4.69, 9.17) is 10.5 Å². The third-order valence-corrected chi connectivity index (χ3v) is 3.09. The highest BCUT2D eigenvalue weighted by Crippen LogP contribution is 2.21. The molecular weight excluding hydrogens is 219 g/mol. The Balaban J connectivity index is 1.79. The summed E-state index contributed by atoms with van der Waals surface area (Å²) in [4.78, 5) is 2.37. The van der Waals surface area contributed by atoms with Crippen molar-refractivity contribution in [3.05, 3.63) is 24.0 Å². The summed E-state index contributed by atoms with van der Waals surface area (Å²) in [5, 5.41) is 0. The van der Waals surface area contributed by atoms with E-state index in [0.29, 0.717) is 18.0 Å². The number of ether oxygens (including phenoxy) is 1. The van der Waals surface area contributed by atoms with Crippen molar-refractivity contribution in [2.45, 2.75) is 19.3 Å². The Bertz CT molecular complexity index is 364. The molecule has 1 aliphatic heterocycles. The molecule has 1 heterocycles. The van der Waals surface area contributed by atoms with Crippen LogP contribution in [0.25, 0.3) is 0 Å². The van der Waals surface area contributed by atoms with Crippen LogP contribution in [0, 0.1) is 5.82 Å². The van der Waals surface area contributed by atoms with Crippen LogP contribution in [0.4, 0.5) is 10.1 Å². The number of benzene rings is 1. The molecular formula is C13H19FN2O. The van der Waals surface area contributed by atoms with E-state index in [2.05, 4.69) is 4.90 Å². The monoisotopic (exact) mass is 238 g/mol. The lowest BCUT2D eigenvalue weighted by Gasteiger charge is -2.26. The predicted molar refractivity (Wildman–Crippen MR) is 66.6 cm³/mol. The highest BCUT2D eigenvalue weighted by molar-refractivity contribution is 5.52. The summed E-state index contributed by atoms with van der Waals surface area (Å²) in [6, 6.07) is 4.21. The Hall–Kier alpha value is -1.29. The summed E-state index contributed by atoms with van der Waals surface area (Å²) in [5.41, 5.74) is 6.19. The molecule has 0 bridgehead atoms. The zero-order chi connectivity index (χ0) is 12.1. The number of piperidine rings is 1. The van der Waals surface area contributed by atoms with E-state index in [0.717, 1.165) is 19.6 Å². The van der Waals surface area contributed by atoms with E-state index in [1.807, 2.05) is 0 Å². The largest absolute Gasteiger partial charge is 0.490 e. The van der Waals surface area contributed by atoms with E-state index in [1.54, 1.807) is 0 Å². The molecule has 1 saturated heterocycles. The molecule has 0 spiro atoms.